The molecule has 9 heteroatoms. The van der Waals surface area contributed by atoms with E-state index >= 15 is 0 Å². The molecule has 0 radical (unpaired) electrons. The number of benzene rings is 2. The molecule has 0 saturated carbocycles. The maximum absolute atomic E-state index is 13.2. The Hall–Kier alpha value is -3.59. The first-order valence-electron chi connectivity index (χ1n) is 7.83. The van der Waals surface area contributed by atoms with E-state index in [1.165, 1.54) is 43.0 Å². The van der Waals surface area contributed by atoms with Crippen molar-refractivity contribution in [2.45, 2.75) is 9.79 Å². The summed E-state index contributed by atoms with van der Waals surface area (Å²) in [6.07, 6.45) is 7.65. The van der Waals surface area contributed by atoms with Crippen LogP contribution in [0.3, 0.4) is 0 Å². The lowest BCUT2D eigenvalue weighted by Crippen LogP contribution is -2.07. The molecule has 4 rings (SSSR count). The number of hydrogen-bond donors (Lipinski definition) is 0. The lowest BCUT2D eigenvalue weighted by Gasteiger charge is -2.10. The number of nitro benzene ring substituents is 1. The normalized spacial score (nSPS) is 11.6. The monoisotopic (exact) mass is 380 g/mol. The average molecular weight is 380 g/mol. The van der Waals surface area contributed by atoms with Gasteiger partial charge in [0, 0.05) is 41.6 Å². The maximum Gasteiger partial charge on any atom is 0.290 e. The van der Waals surface area contributed by atoms with Gasteiger partial charge in [0.1, 0.15) is 4.90 Å². The molecule has 134 valence electrons. The fourth-order valence-electron chi connectivity index (χ4n) is 2.89. The van der Waals surface area contributed by atoms with Crippen molar-refractivity contribution in [3.05, 3.63) is 83.7 Å². The summed E-state index contributed by atoms with van der Waals surface area (Å²) in [5, 5.41) is 12.7. The fourth-order valence-corrected chi connectivity index (χ4v) is 4.52. The van der Waals surface area contributed by atoms with Gasteiger partial charge in [0.05, 0.1) is 21.8 Å². The summed E-state index contributed by atoms with van der Waals surface area (Å²) in [5.41, 5.74) is -0.0486. The van der Waals surface area contributed by atoms with Crippen LogP contribution < -0.4 is 0 Å². The molecule has 4 aromatic rings. The van der Waals surface area contributed by atoms with Gasteiger partial charge in [0.2, 0.25) is 9.84 Å². The van der Waals surface area contributed by atoms with Gasteiger partial charge in [-0.3, -0.25) is 15.1 Å². The summed E-state index contributed by atoms with van der Waals surface area (Å²) in [6.45, 7) is 0. The zero-order chi connectivity index (χ0) is 19.0. The molecular formula is C18H12N4O4S. The number of aromatic nitrogens is 3. The number of nitro groups is 1. The zero-order valence-corrected chi connectivity index (χ0v) is 14.6. The number of fused-ring (bicyclic) bond motifs is 1. The van der Waals surface area contributed by atoms with Crippen LogP contribution in [-0.2, 0) is 9.84 Å². The van der Waals surface area contributed by atoms with E-state index in [-0.39, 0.29) is 9.79 Å². The first kappa shape index (κ1) is 16.9. The van der Waals surface area contributed by atoms with Crippen LogP contribution in [0, 0.1) is 10.1 Å². The standard InChI is InChI=1S/C18H12N4O4S/c23-22(24)16-10-14(21-9-8-20-12-21)4-5-18(16)27(25,26)17-3-1-2-13-11-19-7-6-15(13)17/h1-12H. The molecule has 0 amide bonds. The highest BCUT2D eigenvalue weighted by Gasteiger charge is 2.29. The molecule has 27 heavy (non-hydrogen) atoms. The summed E-state index contributed by atoms with van der Waals surface area (Å²) >= 11 is 0. The van der Waals surface area contributed by atoms with Gasteiger partial charge in [0.15, 0.2) is 0 Å². The first-order chi connectivity index (χ1) is 13.0. The maximum atomic E-state index is 13.2. The molecule has 0 aliphatic rings. The van der Waals surface area contributed by atoms with E-state index in [1.807, 2.05) is 0 Å². The summed E-state index contributed by atoms with van der Waals surface area (Å²) in [5.74, 6) is 0. The second-order valence-electron chi connectivity index (χ2n) is 5.74. The van der Waals surface area contributed by atoms with Crippen LogP contribution in [0.5, 0.6) is 0 Å². The van der Waals surface area contributed by atoms with Crippen molar-refractivity contribution in [3.8, 4) is 5.69 Å². The van der Waals surface area contributed by atoms with E-state index in [0.717, 1.165) is 0 Å². The van der Waals surface area contributed by atoms with Crippen molar-refractivity contribution in [1.82, 2.24) is 14.5 Å². The quantitative estimate of drug-likeness (QED) is 0.397. The van der Waals surface area contributed by atoms with Crippen LogP contribution in [0.15, 0.2) is 83.4 Å². The molecule has 8 nitrogen and oxygen atoms in total. The van der Waals surface area contributed by atoms with Gasteiger partial charge < -0.3 is 4.57 Å². The Balaban J connectivity index is 1.95. The summed E-state index contributed by atoms with van der Waals surface area (Å²) in [6, 6.07) is 10.3. The SMILES string of the molecule is O=[N+]([O-])c1cc(-n2ccnc2)ccc1S(=O)(=O)c1cccc2cnccc12. The molecule has 0 aliphatic carbocycles. The van der Waals surface area contributed by atoms with Gasteiger partial charge in [-0.1, -0.05) is 12.1 Å². The lowest BCUT2D eigenvalue weighted by atomic mass is 10.2. The molecule has 2 aromatic heterocycles. The third kappa shape index (κ3) is 2.83. The number of nitrogens with zero attached hydrogens (tertiary/aromatic N) is 4. The van der Waals surface area contributed by atoms with Gasteiger partial charge in [-0.25, -0.2) is 13.4 Å². The summed E-state index contributed by atoms with van der Waals surface area (Å²) in [4.78, 5) is 18.4. The van der Waals surface area contributed by atoms with Gasteiger partial charge in [-0.15, -0.1) is 0 Å². The molecular weight excluding hydrogens is 368 g/mol. The Kier molecular flexibility index (Phi) is 3.93. The second kappa shape index (κ2) is 6.29. The summed E-state index contributed by atoms with van der Waals surface area (Å²) in [7, 11) is -4.12. The van der Waals surface area contributed by atoms with Gasteiger partial charge in [0.25, 0.3) is 5.69 Å². The first-order valence-corrected chi connectivity index (χ1v) is 9.31. The number of hydrogen-bond acceptors (Lipinski definition) is 6. The van der Waals surface area contributed by atoms with Crippen LogP contribution in [-0.4, -0.2) is 27.9 Å². The molecule has 0 spiro atoms. The Morgan fingerprint density at radius 1 is 1.00 bits per heavy atom. The predicted molar refractivity (Wildman–Crippen MR) is 97.4 cm³/mol. The van der Waals surface area contributed by atoms with Gasteiger partial charge in [-0.2, -0.15) is 0 Å². The third-order valence-electron chi connectivity index (χ3n) is 4.16. The summed E-state index contributed by atoms with van der Waals surface area (Å²) < 4.78 is 28.0. The van der Waals surface area contributed by atoms with Crippen molar-refractivity contribution < 1.29 is 13.3 Å². The second-order valence-corrected chi connectivity index (χ2v) is 7.62. The van der Waals surface area contributed by atoms with Crippen molar-refractivity contribution >= 4 is 26.3 Å². The van der Waals surface area contributed by atoms with Gasteiger partial charge >= 0.3 is 0 Å². The lowest BCUT2D eigenvalue weighted by molar-refractivity contribution is -0.387. The van der Waals surface area contributed by atoms with Crippen molar-refractivity contribution in [2.24, 2.45) is 0 Å². The number of imidazole rings is 1. The minimum absolute atomic E-state index is 0.000816. The molecule has 0 N–H and O–H groups in total. The highest BCUT2D eigenvalue weighted by Crippen LogP contribution is 2.34. The molecule has 0 aliphatic heterocycles. The van der Waals surface area contributed by atoms with E-state index in [1.54, 1.807) is 35.2 Å². The fraction of sp³-hybridized carbons (Fsp3) is 0. The Morgan fingerprint density at radius 2 is 1.85 bits per heavy atom. The van der Waals surface area contributed by atoms with Crippen molar-refractivity contribution in [2.75, 3.05) is 0 Å². The van der Waals surface area contributed by atoms with E-state index in [2.05, 4.69) is 9.97 Å². The van der Waals surface area contributed by atoms with E-state index < -0.39 is 20.4 Å². The molecule has 0 atom stereocenters. The van der Waals surface area contributed by atoms with Crippen molar-refractivity contribution in [3.63, 3.8) is 0 Å². The van der Waals surface area contributed by atoms with E-state index in [0.29, 0.717) is 16.5 Å². The molecule has 0 unspecified atom stereocenters. The molecule has 0 bridgehead atoms. The Bertz CT molecular complexity index is 1260. The average Bonchev–Trinajstić information content (AvgIpc) is 3.21. The minimum atomic E-state index is -4.12. The zero-order valence-electron chi connectivity index (χ0n) is 13.8. The smallest absolute Gasteiger partial charge is 0.290 e. The van der Waals surface area contributed by atoms with Crippen LogP contribution in [0.4, 0.5) is 5.69 Å². The molecule has 2 aromatic carbocycles. The minimum Gasteiger partial charge on any atom is -0.306 e. The Morgan fingerprint density at radius 3 is 2.59 bits per heavy atom. The third-order valence-corrected chi connectivity index (χ3v) is 6.02. The van der Waals surface area contributed by atoms with E-state index in [4.69, 9.17) is 0 Å². The van der Waals surface area contributed by atoms with E-state index in [9.17, 15) is 18.5 Å². The van der Waals surface area contributed by atoms with Crippen LogP contribution in [0.25, 0.3) is 16.5 Å². The van der Waals surface area contributed by atoms with Crippen LogP contribution >= 0.6 is 0 Å². The van der Waals surface area contributed by atoms with Crippen LogP contribution in [0.2, 0.25) is 0 Å². The number of pyridine rings is 1. The topological polar surface area (TPSA) is 108 Å². The van der Waals surface area contributed by atoms with Crippen molar-refractivity contribution in [1.29, 1.82) is 0 Å². The van der Waals surface area contributed by atoms with Gasteiger partial charge in [-0.05, 0) is 24.3 Å². The number of sulfone groups is 1. The highest BCUT2D eigenvalue weighted by atomic mass is 32.2. The largest absolute Gasteiger partial charge is 0.306 e. The Labute approximate surface area is 153 Å². The molecule has 0 saturated heterocycles. The molecule has 0 fully saturated rings. The highest BCUT2D eigenvalue weighted by molar-refractivity contribution is 7.91. The van der Waals surface area contributed by atoms with Crippen LogP contribution in [0.1, 0.15) is 0 Å². The predicted octanol–water partition coefficient (Wildman–Crippen LogP) is 3.16. The number of rotatable bonds is 4. The molecule has 2 heterocycles.